The van der Waals surface area contributed by atoms with E-state index in [1.54, 1.807) is 0 Å². The molecule has 1 aliphatic carbocycles. The lowest BCUT2D eigenvalue weighted by molar-refractivity contribution is 1.13. The summed E-state index contributed by atoms with van der Waals surface area (Å²) in [5.74, 6) is 0. The topological polar surface area (TPSA) is 18.8 Å². The van der Waals surface area contributed by atoms with E-state index in [1.807, 2.05) is 0 Å². The van der Waals surface area contributed by atoms with Crippen LogP contribution in [-0.4, -0.2) is 40.4 Å². The van der Waals surface area contributed by atoms with Crippen LogP contribution in [0.15, 0.2) is 89.9 Å². The number of anilines is 2. The summed E-state index contributed by atoms with van der Waals surface area (Å²) < 4.78 is 0. The first-order chi connectivity index (χ1) is 15.5. The van der Waals surface area contributed by atoms with Crippen molar-refractivity contribution in [2.75, 3.05) is 44.5 Å². The summed E-state index contributed by atoms with van der Waals surface area (Å²) >= 11 is 0. The van der Waals surface area contributed by atoms with Crippen LogP contribution in [0.3, 0.4) is 0 Å². The van der Waals surface area contributed by atoms with E-state index in [9.17, 15) is 0 Å². The molecule has 0 saturated heterocycles. The van der Waals surface area contributed by atoms with Gasteiger partial charge in [-0.25, -0.2) is 0 Å². The lowest BCUT2D eigenvalue weighted by atomic mass is 9.83. The zero-order chi connectivity index (χ0) is 22.7. The summed E-state index contributed by atoms with van der Waals surface area (Å²) in [6, 6.07) is 26.2. The van der Waals surface area contributed by atoms with Gasteiger partial charge in [-0.1, -0.05) is 54.6 Å². The van der Waals surface area contributed by atoms with Crippen molar-refractivity contribution in [2.45, 2.75) is 6.92 Å². The molecule has 0 bridgehead atoms. The molecular weight excluding hydrogens is 426 g/mol. The Balaban J connectivity index is 0.00000306. The maximum Gasteiger partial charge on any atom is 0.0652 e. The Hall–Kier alpha value is -3.30. The van der Waals surface area contributed by atoms with Crippen molar-refractivity contribution in [3.8, 4) is 0 Å². The van der Waals surface area contributed by atoms with Crippen molar-refractivity contribution in [1.29, 1.82) is 0 Å². The number of benzene rings is 3. The molecule has 0 spiro atoms. The van der Waals surface area contributed by atoms with E-state index in [0.717, 1.165) is 12.3 Å². The third kappa shape index (κ3) is 5.04. The van der Waals surface area contributed by atoms with Crippen LogP contribution in [0.2, 0.25) is 0 Å². The van der Waals surface area contributed by atoms with Gasteiger partial charge in [0.25, 0.3) is 0 Å². The molecule has 0 aromatic heterocycles. The fourth-order valence-electron chi connectivity index (χ4n) is 4.14. The average molecular weight is 458 g/mol. The standard InChI is InChI=1S/C29H31N3.ClH/c1-6-30-28-20-19-27(25-9-7-8-10-26(25)28)29(21-11-15-23(16-12-21)31(2)3)22-13-17-24(18-14-22)32(4)5;/h7-20H,6H2,1-5H3;1H/b30-28+;. The van der Waals surface area contributed by atoms with Crippen LogP contribution in [0, 0.1) is 0 Å². The molecule has 33 heavy (non-hydrogen) atoms. The van der Waals surface area contributed by atoms with Crippen molar-refractivity contribution >= 4 is 40.6 Å². The van der Waals surface area contributed by atoms with Gasteiger partial charge in [0.1, 0.15) is 0 Å². The first-order valence-corrected chi connectivity index (χ1v) is 11.1. The number of halogens is 1. The third-order valence-corrected chi connectivity index (χ3v) is 5.84. The van der Waals surface area contributed by atoms with Crippen molar-refractivity contribution in [3.63, 3.8) is 0 Å². The van der Waals surface area contributed by atoms with Crippen LogP contribution in [0.25, 0.3) is 11.1 Å². The lowest BCUT2D eigenvalue weighted by Crippen LogP contribution is -2.10. The smallest absolute Gasteiger partial charge is 0.0652 e. The number of aliphatic imine (C=N–C) groups is 1. The van der Waals surface area contributed by atoms with Crippen LogP contribution in [0.5, 0.6) is 0 Å². The van der Waals surface area contributed by atoms with E-state index in [1.165, 1.54) is 44.8 Å². The number of hydrogen-bond acceptors (Lipinski definition) is 3. The Morgan fingerprint density at radius 1 is 0.667 bits per heavy atom. The molecule has 0 atom stereocenters. The van der Waals surface area contributed by atoms with Gasteiger partial charge in [0, 0.05) is 51.7 Å². The summed E-state index contributed by atoms with van der Waals surface area (Å²) in [4.78, 5) is 8.98. The van der Waals surface area contributed by atoms with Crippen molar-refractivity contribution < 1.29 is 0 Å². The number of fused-ring (bicyclic) bond motifs is 1. The quantitative estimate of drug-likeness (QED) is 0.431. The Bertz CT molecular complexity index is 1130. The van der Waals surface area contributed by atoms with Gasteiger partial charge in [0.15, 0.2) is 0 Å². The first kappa shape index (κ1) is 24.3. The molecule has 0 radical (unpaired) electrons. The highest BCUT2D eigenvalue weighted by atomic mass is 35.5. The molecule has 3 aromatic carbocycles. The van der Waals surface area contributed by atoms with Crippen molar-refractivity contribution in [1.82, 2.24) is 0 Å². The van der Waals surface area contributed by atoms with Gasteiger partial charge >= 0.3 is 0 Å². The van der Waals surface area contributed by atoms with Crippen molar-refractivity contribution in [3.05, 3.63) is 107 Å². The third-order valence-electron chi connectivity index (χ3n) is 5.84. The minimum atomic E-state index is 0. The fraction of sp³-hybridized carbons (Fsp3) is 0.207. The zero-order valence-electron chi connectivity index (χ0n) is 20.0. The van der Waals surface area contributed by atoms with E-state index in [2.05, 4.69) is 130 Å². The first-order valence-electron chi connectivity index (χ1n) is 11.1. The lowest BCUT2D eigenvalue weighted by Gasteiger charge is -2.22. The maximum absolute atomic E-state index is 4.72. The summed E-state index contributed by atoms with van der Waals surface area (Å²) in [5.41, 5.74) is 10.7. The Morgan fingerprint density at radius 2 is 1.15 bits per heavy atom. The van der Waals surface area contributed by atoms with Crippen LogP contribution < -0.4 is 9.80 Å². The van der Waals surface area contributed by atoms with Gasteiger partial charge in [-0.2, -0.15) is 0 Å². The Kier molecular flexibility index (Phi) is 7.78. The molecule has 0 aliphatic heterocycles. The summed E-state index contributed by atoms with van der Waals surface area (Å²) in [5, 5.41) is 0. The Labute approximate surface area is 204 Å². The highest BCUT2D eigenvalue weighted by molar-refractivity contribution is 6.19. The molecule has 0 saturated carbocycles. The number of allylic oxidation sites excluding steroid dienone is 3. The minimum absolute atomic E-state index is 0. The largest absolute Gasteiger partial charge is 0.378 e. The monoisotopic (exact) mass is 457 g/mol. The molecular formula is C29H32ClN3. The molecule has 0 unspecified atom stereocenters. The SMILES string of the molecule is CC/N=C1\C=CC(=C(c2ccc(N(C)C)cc2)c2ccc(N(C)C)cc2)c2ccccc21.Cl. The molecule has 4 heteroatoms. The second kappa shape index (κ2) is 10.5. The predicted octanol–water partition coefficient (Wildman–Crippen LogP) is 6.58. The fourth-order valence-corrected chi connectivity index (χ4v) is 4.14. The normalized spacial score (nSPS) is 13.4. The van der Waals surface area contributed by atoms with Crippen LogP contribution in [0.4, 0.5) is 11.4 Å². The van der Waals surface area contributed by atoms with Gasteiger partial charge in [0.05, 0.1) is 5.71 Å². The molecule has 0 heterocycles. The maximum atomic E-state index is 4.72. The van der Waals surface area contributed by atoms with E-state index in [4.69, 9.17) is 4.99 Å². The van der Waals surface area contributed by atoms with Gasteiger partial charge in [-0.15, -0.1) is 12.4 Å². The average Bonchev–Trinajstić information content (AvgIpc) is 2.81. The summed E-state index contributed by atoms with van der Waals surface area (Å²) in [6.07, 6.45) is 4.38. The van der Waals surface area contributed by atoms with Crippen LogP contribution in [-0.2, 0) is 0 Å². The molecule has 0 amide bonds. The van der Waals surface area contributed by atoms with Gasteiger partial charge < -0.3 is 9.80 Å². The van der Waals surface area contributed by atoms with E-state index in [-0.39, 0.29) is 12.4 Å². The van der Waals surface area contributed by atoms with E-state index < -0.39 is 0 Å². The van der Waals surface area contributed by atoms with E-state index >= 15 is 0 Å². The van der Waals surface area contributed by atoms with Gasteiger partial charge in [-0.05, 0) is 65.1 Å². The molecule has 3 aromatic rings. The van der Waals surface area contributed by atoms with Crippen LogP contribution in [0.1, 0.15) is 29.2 Å². The number of rotatable bonds is 5. The second-order valence-corrected chi connectivity index (χ2v) is 8.41. The van der Waals surface area contributed by atoms with E-state index in [0.29, 0.717) is 0 Å². The molecule has 0 fully saturated rings. The zero-order valence-corrected chi connectivity index (χ0v) is 20.9. The minimum Gasteiger partial charge on any atom is -0.378 e. The Morgan fingerprint density at radius 3 is 1.61 bits per heavy atom. The van der Waals surface area contributed by atoms with Gasteiger partial charge in [0.2, 0.25) is 0 Å². The molecule has 4 rings (SSSR count). The van der Waals surface area contributed by atoms with Gasteiger partial charge in [-0.3, -0.25) is 4.99 Å². The summed E-state index contributed by atoms with van der Waals surface area (Å²) in [6.45, 7) is 2.86. The summed E-state index contributed by atoms with van der Waals surface area (Å²) in [7, 11) is 8.29. The highest BCUT2D eigenvalue weighted by Gasteiger charge is 2.20. The van der Waals surface area contributed by atoms with Crippen molar-refractivity contribution in [2.24, 2.45) is 4.99 Å². The number of nitrogens with zero attached hydrogens (tertiary/aromatic N) is 3. The molecule has 1 aliphatic rings. The highest BCUT2D eigenvalue weighted by Crippen LogP contribution is 2.38. The molecule has 0 N–H and O–H groups in total. The van der Waals surface area contributed by atoms with Crippen LogP contribution >= 0.6 is 12.4 Å². The molecule has 3 nitrogen and oxygen atoms in total. The predicted molar refractivity (Wildman–Crippen MR) is 147 cm³/mol. The number of hydrogen-bond donors (Lipinski definition) is 0. The second-order valence-electron chi connectivity index (χ2n) is 8.41. The molecule has 170 valence electrons.